The zero-order valence-corrected chi connectivity index (χ0v) is 11.7. The van der Waals surface area contributed by atoms with Crippen molar-refractivity contribution in [3.8, 4) is 5.75 Å². The van der Waals surface area contributed by atoms with Crippen LogP contribution in [0.5, 0.6) is 5.75 Å². The molecule has 1 heterocycles. The molecule has 0 N–H and O–H groups in total. The van der Waals surface area contributed by atoms with Crippen LogP contribution in [-0.2, 0) is 4.74 Å². The largest absolute Gasteiger partial charge is 0.494 e. The van der Waals surface area contributed by atoms with Crippen molar-refractivity contribution in [3.05, 3.63) is 30.3 Å². The number of unbranched alkanes of at least 4 members (excludes halogenated alkanes) is 1. The molecule has 1 atom stereocenters. The summed E-state index contributed by atoms with van der Waals surface area (Å²) in [5, 5.41) is 0. The Balaban J connectivity index is 1.63. The van der Waals surface area contributed by atoms with E-state index in [9.17, 15) is 0 Å². The van der Waals surface area contributed by atoms with Crippen LogP contribution in [0.3, 0.4) is 0 Å². The molecule has 1 unspecified atom stereocenters. The van der Waals surface area contributed by atoms with Gasteiger partial charge in [0.25, 0.3) is 0 Å². The van der Waals surface area contributed by atoms with Gasteiger partial charge >= 0.3 is 0 Å². The zero-order valence-electron chi connectivity index (χ0n) is 11.7. The lowest BCUT2D eigenvalue weighted by atomic mass is 9.78. The summed E-state index contributed by atoms with van der Waals surface area (Å²) in [5.74, 6) is 0.964. The number of ether oxygens (including phenoxy) is 2. The fourth-order valence-corrected chi connectivity index (χ4v) is 2.26. The first-order valence-electron chi connectivity index (χ1n) is 6.85. The Kier molecular flexibility index (Phi) is 3.96. The molecule has 18 heavy (non-hydrogen) atoms. The van der Waals surface area contributed by atoms with Crippen molar-refractivity contribution < 1.29 is 9.47 Å². The van der Waals surface area contributed by atoms with E-state index in [0.29, 0.717) is 0 Å². The Hall–Kier alpha value is -1.02. The summed E-state index contributed by atoms with van der Waals surface area (Å²) >= 11 is 0. The standard InChI is InChI=1S/C16H24O2/c1-15(2,3)16(13-18-16)11-7-8-12-17-14-9-5-4-6-10-14/h4-6,9-10H,7-8,11-13H2,1-3H3. The van der Waals surface area contributed by atoms with Gasteiger partial charge in [-0.3, -0.25) is 0 Å². The van der Waals surface area contributed by atoms with E-state index in [1.54, 1.807) is 0 Å². The van der Waals surface area contributed by atoms with Gasteiger partial charge in [0, 0.05) is 0 Å². The lowest BCUT2D eigenvalue weighted by Gasteiger charge is -2.27. The van der Waals surface area contributed by atoms with E-state index in [-0.39, 0.29) is 11.0 Å². The number of epoxide rings is 1. The first-order valence-corrected chi connectivity index (χ1v) is 6.85. The third kappa shape index (κ3) is 3.26. The van der Waals surface area contributed by atoms with Crippen molar-refractivity contribution in [2.24, 2.45) is 5.41 Å². The predicted molar refractivity (Wildman–Crippen MR) is 73.9 cm³/mol. The molecule has 0 amide bonds. The average molecular weight is 248 g/mol. The molecular weight excluding hydrogens is 224 g/mol. The molecule has 0 aromatic heterocycles. The molecule has 0 bridgehead atoms. The molecule has 1 aromatic carbocycles. The number of benzene rings is 1. The quantitative estimate of drug-likeness (QED) is 0.559. The summed E-state index contributed by atoms with van der Waals surface area (Å²) in [5.41, 5.74) is 0.396. The number of rotatable bonds is 6. The summed E-state index contributed by atoms with van der Waals surface area (Å²) in [6, 6.07) is 10.0. The number of hydrogen-bond donors (Lipinski definition) is 0. The molecule has 1 aliphatic heterocycles. The van der Waals surface area contributed by atoms with E-state index in [1.807, 2.05) is 30.3 Å². The van der Waals surface area contributed by atoms with Gasteiger partial charge in [0.2, 0.25) is 0 Å². The third-order valence-corrected chi connectivity index (χ3v) is 3.85. The fraction of sp³-hybridized carbons (Fsp3) is 0.625. The molecule has 1 aliphatic rings. The third-order valence-electron chi connectivity index (χ3n) is 3.85. The maximum absolute atomic E-state index is 5.69. The van der Waals surface area contributed by atoms with Gasteiger partial charge < -0.3 is 9.47 Å². The minimum atomic E-state index is 0.139. The van der Waals surface area contributed by atoms with Crippen molar-refractivity contribution >= 4 is 0 Å². The average Bonchev–Trinajstić information content (AvgIpc) is 3.10. The van der Waals surface area contributed by atoms with E-state index in [0.717, 1.165) is 31.8 Å². The van der Waals surface area contributed by atoms with Crippen molar-refractivity contribution in [2.45, 2.75) is 45.6 Å². The van der Waals surface area contributed by atoms with Crippen LogP contribution in [0.25, 0.3) is 0 Å². The monoisotopic (exact) mass is 248 g/mol. The van der Waals surface area contributed by atoms with Crippen LogP contribution in [-0.4, -0.2) is 18.8 Å². The molecule has 0 aliphatic carbocycles. The second-order valence-electron chi connectivity index (χ2n) is 6.15. The molecule has 0 spiro atoms. The van der Waals surface area contributed by atoms with Crippen molar-refractivity contribution in [2.75, 3.05) is 13.2 Å². The molecule has 2 rings (SSSR count). The van der Waals surface area contributed by atoms with E-state index < -0.39 is 0 Å². The first-order chi connectivity index (χ1) is 8.54. The predicted octanol–water partition coefficient (Wildman–Crippen LogP) is 4.05. The van der Waals surface area contributed by atoms with Gasteiger partial charge in [-0.15, -0.1) is 0 Å². The Morgan fingerprint density at radius 2 is 1.83 bits per heavy atom. The Labute approximate surface area is 110 Å². The second kappa shape index (κ2) is 5.31. The van der Waals surface area contributed by atoms with Crippen LogP contribution < -0.4 is 4.74 Å². The summed E-state index contributed by atoms with van der Waals surface area (Å²) in [4.78, 5) is 0. The molecule has 2 nitrogen and oxygen atoms in total. The Morgan fingerprint density at radius 1 is 1.17 bits per heavy atom. The minimum Gasteiger partial charge on any atom is -0.494 e. The SMILES string of the molecule is CC(C)(C)C1(CCCCOc2ccccc2)CO1. The second-order valence-corrected chi connectivity index (χ2v) is 6.15. The molecule has 2 heteroatoms. The van der Waals surface area contributed by atoms with Gasteiger partial charge in [-0.05, 0) is 36.8 Å². The highest BCUT2D eigenvalue weighted by atomic mass is 16.6. The maximum atomic E-state index is 5.69. The zero-order chi connectivity index (χ0) is 13.1. The van der Waals surface area contributed by atoms with Gasteiger partial charge in [0.05, 0.1) is 18.8 Å². The molecule has 1 aromatic rings. The van der Waals surface area contributed by atoms with E-state index in [2.05, 4.69) is 20.8 Å². The van der Waals surface area contributed by atoms with Crippen LogP contribution in [0.4, 0.5) is 0 Å². The first kappa shape index (κ1) is 13.4. The van der Waals surface area contributed by atoms with Crippen molar-refractivity contribution in [1.29, 1.82) is 0 Å². The van der Waals surface area contributed by atoms with E-state index in [1.165, 1.54) is 6.42 Å². The fourth-order valence-electron chi connectivity index (χ4n) is 2.26. The van der Waals surface area contributed by atoms with Crippen LogP contribution >= 0.6 is 0 Å². The topological polar surface area (TPSA) is 21.8 Å². The summed E-state index contributed by atoms with van der Waals surface area (Å²) in [6.45, 7) is 8.52. The number of para-hydroxylation sites is 1. The Morgan fingerprint density at radius 3 is 2.39 bits per heavy atom. The van der Waals surface area contributed by atoms with Crippen molar-refractivity contribution in [1.82, 2.24) is 0 Å². The molecule has 1 fully saturated rings. The van der Waals surface area contributed by atoms with E-state index in [4.69, 9.17) is 9.47 Å². The molecule has 100 valence electrons. The highest BCUT2D eigenvalue weighted by Gasteiger charge is 2.53. The molecule has 0 saturated carbocycles. The van der Waals surface area contributed by atoms with Crippen LogP contribution in [0.15, 0.2) is 30.3 Å². The van der Waals surface area contributed by atoms with Crippen LogP contribution in [0.1, 0.15) is 40.0 Å². The van der Waals surface area contributed by atoms with Crippen LogP contribution in [0, 0.1) is 5.41 Å². The van der Waals surface area contributed by atoms with Crippen molar-refractivity contribution in [3.63, 3.8) is 0 Å². The normalized spacial score (nSPS) is 22.8. The maximum Gasteiger partial charge on any atom is 0.119 e. The summed E-state index contributed by atoms with van der Waals surface area (Å²) in [7, 11) is 0. The van der Waals surface area contributed by atoms with Crippen LogP contribution in [0.2, 0.25) is 0 Å². The minimum absolute atomic E-state index is 0.139. The molecular formula is C16H24O2. The lowest BCUT2D eigenvalue weighted by Crippen LogP contribution is -2.30. The van der Waals surface area contributed by atoms with Gasteiger partial charge in [0.1, 0.15) is 5.75 Å². The number of hydrogen-bond acceptors (Lipinski definition) is 2. The van der Waals surface area contributed by atoms with Gasteiger partial charge in [-0.2, -0.15) is 0 Å². The van der Waals surface area contributed by atoms with Gasteiger partial charge in [0.15, 0.2) is 0 Å². The Bertz CT molecular complexity index is 360. The highest BCUT2D eigenvalue weighted by molar-refractivity contribution is 5.20. The van der Waals surface area contributed by atoms with E-state index >= 15 is 0 Å². The highest BCUT2D eigenvalue weighted by Crippen LogP contribution is 2.47. The molecule has 1 saturated heterocycles. The summed E-state index contributed by atoms with van der Waals surface area (Å²) in [6.07, 6.45) is 3.41. The lowest BCUT2D eigenvalue weighted by molar-refractivity contribution is 0.139. The molecule has 0 radical (unpaired) electrons. The smallest absolute Gasteiger partial charge is 0.119 e. The van der Waals surface area contributed by atoms with Gasteiger partial charge in [-0.1, -0.05) is 39.0 Å². The van der Waals surface area contributed by atoms with Gasteiger partial charge in [-0.25, -0.2) is 0 Å². The summed E-state index contributed by atoms with van der Waals surface area (Å²) < 4.78 is 11.4.